The summed E-state index contributed by atoms with van der Waals surface area (Å²) in [6.45, 7) is 3.79. The highest BCUT2D eigenvalue weighted by molar-refractivity contribution is 14.1. The number of thioether (sulfide) groups is 1. The van der Waals surface area contributed by atoms with Crippen LogP contribution in [0.25, 0.3) is 6.08 Å². The third-order valence-corrected chi connectivity index (χ3v) is 8.28. The van der Waals surface area contributed by atoms with Crippen LogP contribution in [-0.2, 0) is 20.9 Å². The number of imide groups is 1. The lowest BCUT2D eigenvalue weighted by Gasteiger charge is -2.15. The van der Waals surface area contributed by atoms with E-state index < -0.39 is 34.5 Å². The highest BCUT2D eigenvalue weighted by Gasteiger charge is 2.36. The van der Waals surface area contributed by atoms with Crippen molar-refractivity contribution in [2.24, 2.45) is 0 Å². The van der Waals surface area contributed by atoms with E-state index in [0.29, 0.717) is 45.4 Å². The van der Waals surface area contributed by atoms with Gasteiger partial charge in [0.05, 0.1) is 37.2 Å². The third-order valence-electron chi connectivity index (χ3n) is 6.24. The second-order valence-corrected chi connectivity index (χ2v) is 12.2. The first-order valence-corrected chi connectivity index (χ1v) is 16.1. The summed E-state index contributed by atoms with van der Waals surface area (Å²) < 4.78 is 17.5. The minimum atomic E-state index is -0.651. The summed E-state index contributed by atoms with van der Waals surface area (Å²) >= 11 is 8.88. The van der Waals surface area contributed by atoms with Crippen LogP contribution in [0.2, 0.25) is 5.02 Å². The highest BCUT2D eigenvalue weighted by Crippen LogP contribution is 2.38. The van der Waals surface area contributed by atoms with Crippen LogP contribution in [0.3, 0.4) is 0 Å². The number of carbonyl (C=O) groups excluding carboxylic acids is 4. The smallest absolute Gasteiger partial charge is 0.339 e. The van der Waals surface area contributed by atoms with Gasteiger partial charge in [0.15, 0.2) is 11.5 Å². The molecule has 4 rings (SSSR count). The SMILES string of the molecule is CCCOC(=O)c1cc(NC(=O)CN2C(=O)S/C(=C/c3cc(I)c(OCc4ccc([N+](=O)[O-])cc4)c(OCC)c3)C2=O)ccc1Cl. The van der Waals surface area contributed by atoms with Crippen LogP contribution in [0.5, 0.6) is 11.5 Å². The maximum atomic E-state index is 13.1. The number of non-ortho nitro benzene ring substituents is 1. The first-order valence-electron chi connectivity index (χ1n) is 13.8. The van der Waals surface area contributed by atoms with E-state index in [1.165, 1.54) is 36.4 Å². The number of ether oxygens (including phenoxy) is 3. The number of nitro benzene ring substituents is 1. The van der Waals surface area contributed by atoms with Crippen LogP contribution < -0.4 is 14.8 Å². The normalized spacial score (nSPS) is 13.6. The standard InChI is InChI=1S/C31H27ClIN3O9S/c1-3-11-44-30(39)22-15-20(7-10-23(22)32)34-27(37)16-35-29(38)26(46-31(35)40)14-19-12-24(33)28(25(13-19)43-4-2)45-17-18-5-8-21(9-6-18)36(41)42/h5-10,12-15H,3-4,11,16-17H2,1-2H3,(H,34,37)/b26-14+. The predicted octanol–water partition coefficient (Wildman–Crippen LogP) is 7.07. The maximum Gasteiger partial charge on any atom is 0.339 e. The van der Waals surface area contributed by atoms with Crippen molar-refractivity contribution < 1.29 is 38.3 Å². The Bertz CT molecular complexity index is 1720. The largest absolute Gasteiger partial charge is 0.490 e. The van der Waals surface area contributed by atoms with Gasteiger partial charge in [-0.05, 0) is 107 Å². The Kier molecular flexibility index (Phi) is 12.0. The van der Waals surface area contributed by atoms with Crippen LogP contribution in [0.4, 0.5) is 16.2 Å². The first kappa shape index (κ1) is 34.7. The van der Waals surface area contributed by atoms with Gasteiger partial charge in [-0.1, -0.05) is 18.5 Å². The number of hydrogen-bond acceptors (Lipinski definition) is 10. The summed E-state index contributed by atoms with van der Waals surface area (Å²) in [5.41, 5.74) is 1.58. The molecule has 0 atom stereocenters. The monoisotopic (exact) mass is 779 g/mol. The molecule has 3 aromatic rings. The zero-order chi connectivity index (χ0) is 33.4. The third kappa shape index (κ3) is 8.76. The van der Waals surface area contributed by atoms with E-state index >= 15 is 0 Å². The van der Waals surface area contributed by atoms with Crippen LogP contribution in [0.1, 0.15) is 41.8 Å². The first-order chi connectivity index (χ1) is 22.0. The molecule has 1 aliphatic rings. The molecule has 1 aliphatic heterocycles. The molecule has 0 aliphatic carbocycles. The van der Waals surface area contributed by atoms with Crippen molar-refractivity contribution >= 4 is 86.4 Å². The predicted molar refractivity (Wildman–Crippen MR) is 181 cm³/mol. The van der Waals surface area contributed by atoms with Crippen molar-refractivity contribution in [3.8, 4) is 11.5 Å². The molecule has 0 saturated carbocycles. The number of carbonyl (C=O) groups is 4. The Morgan fingerprint density at radius 2 is 1.83 bits per heavy atom. The minimum absolute atomic E-state index is 0.0238. The highest BCUT2D eigenvalue weighted by atomic mass is 127. The van der Waals surface area contributed by atoms with Crippen molar-refractivity contribution in [3.05, 3.63) is 94.9 Å². The van der Waals surface area contributed by atoms with Gasteiger partial charge in [0.25, 0.3) is 16.8 Å². The van der Waals surface area contributed by atoms with Crippen LogP contribution in [0.15, 0.2) is 59.5 Å². The lowest BCUT2D eigenvalue weighted by atomic mass is 10.1. The molecule has 1 saturated heterocycles. The molecule has 3 amide bonds. The number of nitrogens with one attached hydrogen (secondary N) is 1. The Balaban J connectivity index is 1.45. The Morgan fingerprint density at radius 1 is 1.09 bits per heavy atom. The number of amides is 3. The second-order valence-electron chi connectivity index (χ2n) is 9.62. The van der Waals surface area contributed by atoms with Gasteiger partial charge in [0, 0.05) is 17.8 Å². The molecule has 0 radical (unpaired) electrons. The quantitative estimate of drug-likeness (QED) is 0.0626. The van der Waals surface area contributed by atoms with E-state index in [0.717, 1.165) is 10.5 Å². The van der Waals surface area contributed by atoms with Gasteiger partial charge in [-0.15, -0.1) is 0 Å². The van der Waals surface area contributed by atoms with Gasteiger partial charge in [-0.25, -0.2) is 4.79 Å². The number of nitrogens with zero attached hydrogens (tertiary/aromatic N) is 2. The van der Waals surface area contributed by atoms with Crippen molar-refractivity contribution in [1.82, 2.24) is 4.90 Å². The summed E-state index contributed by atoms with van der Waals surface area (Å²) in [7, 11) is 0. The molecule has 240 valence electrons. The fraction of sp³-hybridized carbons (Fsp3) is 0.226. The number of halogens is 2. The van der Waals surface area contributed by atoms with Crippen LogP contribution >= 0.6 is 46.0 Å². The van der Waals surface area contributed by atoms with Crippen LogP contribution in [0, 0.1) is 13.7 Å². The summed E-state index contributed by atoms with van der Waals surface area (Å²) in [5.74, 6) is -1.07. The molecular weight excluding hydrogens is 753 g/mol. The number of benzene rings is 3. The lowest BCUT2D eigenvalue weighted by molar-refractivity contribution is -0.384. The molecule has 0 aromatic heterocycles. The molecule has 0 spiro atoms. The number of nitro groups is 1. The van der Waals surface area contributed by atoms with Crippen LogP contribution in [-0.4, -0.2) is 52.6 Å². The van der Waals surface area contributed by atoms with Crippen molar-refractivity contribution in [3.63, 3.8) is 0 Å². The Labute approximate surface area is 286 Å². The molecule has 46 heavy (non-hydrogen) atoms. The molecule has 0 unspecified atom stereocenters. The minimum Gasteiger partial charge on any atom is -0.490 e. The molecule has 1 heterocycles. The van der Waals surface area contributed by atoms with Crippen molar-refractivity contribution in [1.29, 1.82) is 0 Å². The molecule has 12 nitrogen and oxygen atoms in total. The van der Waals surface area contributed by atoms with Crippen molar-refractivity contribution in [2.45, 2.75) is 26.9 Å². The van der Waals surface area contributed by atoms with Gasteiger partial charge in [-0.2, -0.15) is 0 Å². The summed E-state index contributed by atoms with van der Waals surface area (Å²) in [6.07, 6.45) is 2.16. The van der Waals surface area contributed by atoms with Gasteiger partial charge >= 0.3 is 5.97 Å². The van der Waals surface area contributed by atoms with Gasteiger partial charge < -0.3 is 19.5 Å². The zero-order valence-electron chi connectivity index (χ0n) is 24.5. The van der Waals surface area contributed by atoms with E-state index in [-0.39, 0.29) is 40.1 Å². The zero-order valence-corrected chi connectivity index (χ0v) is 28.3. The average molecular weight is 780 g/mol. The number of hydrogen-bond donors (Lipinski definition) is 1. The fourth-order valence-corrected chi connectivity index (χ4v) is 5.92. The Hall–Kier alpha value is -4.15. The summed E-state index contributed by atoms with van der Waals surface area (Å²) in [6, 6.07) is 13.7. The topological polar surface area (TPSA) is 154 Å². The number of anilines is 1. The van der Waals surface area contributed by atoms with Gasteiger partial charge in [0.2, 0.25) is 5.91 Å². The summed E-state index contributed by atoms with van der Waals surface area (Å²) in [5, 5.41) is 13.0. The molecule has 1 N–H and O–H groups in total. The van der Waals surface area contributed by atoms with Crippen molar-refractivity contribution in [2.75, 3.05) is 25.1 Å². The van der Waals surface area contributed by atoms with E-state index in [2.05, 4.69) is 27.9 Å². The summed E-state index contributed by atoms with van der Waals surface area (Å²) in [4.78, 5) is 62.3. The molecule has 1 fully saturated rings. The Morgan fingerprint density at radius 3 is 2.50 bits per heavy atom. The maximum absolute atomic E-state index is 13.1. The molecular formula is C31H27ClIN3O9S. The van der Waals surface area contributed by atoms with E-state index in [9.17, 15) is 29.3 Å². The van der Waals surface area contributed by atoms with E-state index in [4.69, 9.17) is 25.8 Å². The average Bonchev–Trinajstić information content (AvgIpc) is 3.27. The second kappa shape index (κ2) is 15.9. The van der Waals surface area contributed by atoms with Gasteiger partial charge in [-0.3, -0.25) is 29.4 Å². The van der Waals surface area contributed by atoms with E-state index in [1.54, 1.807) is 31.2 Å². The van der Waals surface area contributed by atoms with E-state index in [1.807, 2.05) is 6.92 Å². The molecule has 15 heteroatoms. The van der Waals surface area contributed by atoms with Gasteiger partial charge in [0.1, 0.15) is 13.2 Å². The molecule has 0 bridgehead atoms. The molecule has 3 aromatic carbocycles. The fourth-order valence-electron chi connectivity index (χ4n) is 4.11. The lowest BCUT2D eigenvalue weighted by Crippen LogP contribution is -2.36. The number of esters is 1. The number of rotatable bonds is 13.